The minimum Gasteiger partial charge on any atom is -0.377 e. The second-order valence-electron chi connectivity index (χ2n) is 5.04. The average molecular weight is 308 g/mol. The minimum atomic E-state index is 0.718. The van der Waals surface area contributed by atoms with E-state index in [1.54, 1.807) is 18.4 Å². The number of rotatable bonds is 5. The summed E-state index contributed by atoms with van der Waals surface area (Å²) < 4.78 is 5.31. The van der Waals surface area contributed by atoms with Crippen LogP contribution in [0.4, 0.5) is 0 Å². The molecular weight excluding hydrogens is 284 g/mol. The number of nitrogens with zero attached hydrogens (tertiary/aromatic N) is 2. The Kier molecular flexibility index (Phi) is 6.20. The van der Waals surface area contributed by atoms with Gasteiger partial charge in [0, 0.05) is 18.5 Å². The van der Waals surface area contributed by atoms with Crippen LogP contribution in [-0.2, 0) is 11.3 Å². The Labute approximate surface area is 130 Å². The molecule has 0 radical (unpaired) electrons. The van der Waals surface area contributed by atoms with Crippen LogP contribution in [0, 0.1) is 13.8 Å². The Bertz CT molecular complexity index is 502. The maximum atomic E-state index is 5.31. The molecule has 0 saturated carbocycles. The van der Waals surface area contributed by atoms with Crippen molar-refractivity contribution in [1.82, 2.24) is 15.6 Å². The SMILES string of the molecule is CN=C(NCCC1=CCOCC1)NCc1nc(C)c(C)s1. The van der Waals surface area contributed by atoms with Gasteiger partial charge in [-0.05, 0) is 26.7 Å². The van der Waals surface area contributed by atoms with Crippen LogP contribution in [-0.4, -0.2) is 37.7 Å². The molecule has 0 spiro atoms. The molecule has 6 heteroatoms. The van der Waals surface area contributed by atoms with Gasteiger partial charge in [-0.25, -0.2) is 4.98 Å². The van der Waals surface area contributed by atoms with E-state index in [9.17, 15) is 0 Å². The van der Waals surface area contributed by atoms with Crippen molar-refractivity contribution in [3.63, 3.8) is 0 Å². The van der Waals surface area contributed by atoms with Crippen LogP contribution in [0.2, 0.25) is 0 Å². The van der Waals surface area contributed by atoms with Gasteiger partial charge >= 0.3 is 0 Å². The second kappa shape index (κ2) is 8.14. The summed E-state index contributed by atoms with van der Waals surface area (Å²) in [5.41, 5.74) is 2.58. The van der Waals surface area contributed by atoms with E-state index in [-0.39, 0.29) is 0 Å². The highest BCUT2D eigenvalue weighted by molar-refractivity contribution is 7.11. The molecule has 1 aromatic heterocycles. The van der Waals surface area contributed by atoms with Crippen LogP contribution in [0.3, 0.4) is 0 Å². The molecule has 0 aromatic carbocycles. The van der Waals surface area contributed by atoms with E-state index in [4.69, 9.17) is 4.74 Å². The fourth-order valence-electron chi connectivity index (χ4n) is 2.13. The Balaban J connectivity index is 1.72. The standard InChI is InChI=1S/C15H24N4OS/c1-11-12(2)21-14(19-11)10-18-15(16-3)17-7-4-13-5-8-20-9-6-13/h5H,4,6-10H2,1-3H3,(H2,16,17,18). The number of guanidine groups is 1. The van der Waals surface area contributed by atoms with E-state index in [2.05, 4.69) is 33.6 Å². The van der Waals surface area contributed by atoms with Crippen molar-refractivity contribution >= 4 is 17.3 Å². The summed E-state index contributed by atoms with van der Waals surface area (Å²) in [7, 11) is 1.79. The molecule has 0 amide bonds. The van der Waals surface area contributed by atoms with Crippen molar-refractivity contribution in [2.24, 2.45) is 4.99 Å². The van der Waals surface area contributed by atoms with E-state index in [0.717, 1.165) is 55.8 Å². The molecule has 0 aliphatic carbocycles. The molecule has 2 heterocycles. The monoisotopic (exact) mass is 308 g/mol. The van der Waals surface area contributed by atoms with E-state index < -0.39 is 0 Å². The predicted molar refractivity (Wildman–Crippen MR) is 87.9 cm³/mol. The first-order valence-corrected chi connectivity index (χ1v) is 8.13. The first-order valence-electron chi connectivity index (χ1n) is 7.32. The van der Waals surface area contributed by atoms with Gasteiger partial charge in [0.15, 0.2) is 5.96 Å². The van der Waals surface area contributed by atoms with Crippen LogP contribution in [0.1, 0.15) is 28.4 Å². The molecule has 0 fully saturated rings. The highest BCUT2D eigenvalue weighted by Crippen LogP contribution is 2.15. The smallest absolute Gasteiger partial charge is 0.191 e. The van der Waals surface area contributed by atoms with E-state index in [1.165, 1.54) is 10.5 Å². The van der Waals surface area contributed by atoms with Gasteiger partial charge in [0.25, 0.3) is 0 Å². The molecular formula is C15H24N4OS. The van der Waals surface area contributed by atoms with Crippen molar-refractivity contribution in [3.05, 3.63) is 27.2 Å². The summed E-state index contributed by atoms with van der Waals surface area (Å²) in [6.45, 7) is 7.36. The van der Waals surface area contributed by atoms with Crippen LogP contribution < -0.4 is 10.6 Å². The Morgan fingerprint density at radius 2 is 2.29 bits per heavy atom. The third-order valence-electron chi connectivity index (χ3n) is 3.50. The summed E-state index contributed by atoms with van der Waals surface area (Å²) in [5, 5.41) is 7.75. The Morgan fingerprint density at radius 3 is 2.90 bits per heavy atom. The molecule has 5 nitrogen and oxygen atoms in total. The fourth-order valence-corrected chi connectivity index (χ4v) is 3.00. The average Bonchev–Trinajstić information content (AvgIpc) is 2.82. The van der Waals surface area contributed by atoms with Crippen molar-refractivity contribution in [2.75, 3.05) is 26.8 Å². The molecule has 116 valence electrons. The van der Waals surface area contributed by atoms with Crippen molar-refractivity contribution in [3.8, 4) is 0 Å². The number of aliphatic imine (C=N–C) groups is 1. The van der Waals surface area contributed by atoms with Gasteiger partial charge in [-0.2, -0.15) is 0 Å². The predicted octanol–water partition coefficient (Wildman–Crippen LogP) is 2.16. The Hall–Kier alpha value is -1.40. The second-order valence-corrected chi connectivity index (χ2v) is 6.33. The number of hydrogen-bond acceptors (Lipinski definition) is 4. The number of aryl methyl sites for hydroxylation is 2. The summed E-state index contributed by atoms with van der Waals surface area (Å²) in [6, 6.07) is 0. The molecule has 21 heavy (non-hydrogen) atoms. The summed E-state index contributed by atoms with van der Waals surface area (Å²) in [6.07, 6.45) is 4.27. The van der Waals surface area contributed by atoms with E-state index >= 15 is 0 Å². The largest absolute Gasteiger partial charge is 0.377 e. The Morgan fingerprint density at radius 1 is 1.43 bits per heavy atom. The third kappa shape index (κ3) is 5.13. The number of nitrogens with one attached hydrogen (secondary N) is 2. The third-order valence-corrected chi connectivity index (χ3v) is 4.57. The van der Waals surface area contributed by atoms with Crippen LogP contribution in [0.5, 0.6) is 0 Å². The van der Waals surface area contributed by atoms with Gasteiger partial charge in [0.05, 0.1) is 25.5 Å². The maximum Gasteiger partial charge on any atom is 0.191 e. The van der Waals surface area contributed by atoms with Gasteiger partial charge in [-0.1, -0.05) is 11.6 Å². The maximum absolute atomic E-state index is 5.31. The van der Waals surface area contributed by atoms with Gasteiger partial charge < -0.3 is 15.4 Å². The molecule has 0 saturated heterocycles. The molecule has 0 bridgehead atoms. The lowest BCUT2D eigenvalue weighted by atomic mass is 10.1. The van der Waals surface area contributed by atoms with Crippen LogP contribution in [0.25, 0.3) is 0 Å². The zero-order valence-electron chi connectivity index (χ0n) is 13.0. The fraction of sp³-hybridized carbons (Fsp3) is 0.600. The van der Waals surface area contributed by atoms with Gasteiger partial charge in [0.2, 0.25) is 0 Å². The van der Waals surface area contributed by atoms with Gasteiger partial charge in [0.1, 0.15) is 5.01 Å². The molecule has 2 rings (SSSR count). The summed E-state index contributed by atoms with van der Waals surface area (Å²) >= 11 is 1.73. The van der Waals surface area contributed by atoms with Crippen molar-refractivity contribution < 1.29 is 4.74 Å². The number of hydrogen-bond donors (Lipinski definition) is 2. The molecule has 1 aromatic rings. The molecule has 2 N–H and O–H groups in total. The van der Waals surface area contributed by atoms with Crippen molar-refractivity contribution in [2.45, 2.75) is 33.2 Å². The number of ether oxygens (including phenoxy) is 1. The molecule has 1 aliphatic heterocycles. The van der Waals surface area contributed by atoms with Crippen LogP contribution in [0.15, 0.2) is 16.6 Å². The van der Waals surface area contributed by atoms with Gasteiger partial charge in [-0.15, -0.1) is 11.3 Å². The zero-order chi connectivity index (χ0) is 15.1. The first-order chi connectivity index (χ1) is 10.2. The lowest BCUT2D eigenvalue weighted by molar-refractivity contribution is 0.153. The first kappa shape index (κ1) is 16.0. The summed E-state index contributed by atoms with van der Waals surface area (Å²) in [4.78, 5) is 10.0. The molecule has 0 atom stereocenters. The highest BCUT2D eigenvalue weighted by Gasteiger charge is 2.06. The van der Waals surface area contributed by atoms with E-state index in [0.29, 0.717) is 0 Å². The quantitative estimate of drug-likeness (QED) is 0.497. The molecule has 1 aliphatic rings. The normalized spacial score (nSPS) is 15.8. The van der Waals surface area contributed by atoms with E-state index in [1.807, 2.05) is 6.92 Å². The van der Waals surface area contributed by atoms with Crippen molar-refractivity contribution in [1.29, 1.82) is 0 Å². The highest BCUT2D eigenvalue weighted by atomic mass is 32.1. The van der Waals surface area contributed by atoms with Crippen LogP contribution >= 0.6 is 11.3 Å². The molecule has 0 unspecified atom stereocenters. The van der Waals surface area contributed by atoms with Gasteiger partial charge in [-0.3, -0.25) is 4.99 Å². The number of thiazole rings is 1. The summed E-state index contributed by atoms with van der Waals surface area (Å²) in [5.74, 6) is 0.827. The topological polar surface area (TPSA) is 58.5 Å². The lowest BCUT2D eigenvalue weighted by Gasteiger charge is -2.15. The lowest BCUT2D eigenvalue weighted by Crippen LogP contribution is -2.37. The minimum absolute atomic E-state index is 0.718. The zero-order valence-corrected chi connectivity index (χ0v) is 13.8. The number of aromatic nitrogens is 1.